The molecule has 0 N–H and O–H groups in total. The Morgan fingerprint density at radius 1 is 0.389 bits per heavy atom. The Bertz CT molecular complexity index is 1040. The smallest absolute Gasteiger partial charge is 0.736 e. The number of phosphoric ester groups is 2. The summed E-state index contributed by atoms with van der Waals surface area (Å²) in [5, 5.41) is 0. The van der Waals surface area contributed by atoms with Crippen LogP contribution >= 0.6 is 15.6 Å². The van der Waals surface area contributed by atoms with Gasteiger partial charge in [-0.2, -0.15) is 0 Å². The number of para-hydroxylation sites is 4. The van der Waals surface area contributed by atoms with E-state index in [9.17, 15) is 18.9 Å². The molecule has 0 aliphatic carbocycles. The van der Waals surface area contributed by atoms with E-state index in [4.69, 9.17) is 18.1 Å². The molecule has 4 aromatic rings. The Morgan fingerprint density at radius 3 is 0.722 bits per heavy atom. The van der Waals surface area contributed by atoms with Crippen LogP contribution in [0.4, 0.5) is 0 Å². The van der Waals surface area contributed by atoms with E-state index in [1.165, 1.54) is 0 Å². The molecule has 0 unspecified atom stereocenters. The van der Waals surface area contributed by atoms with Crippen LogP contribution in [0.5, 0.6) is 23.0 Å². The Hall–Kier alpha value is -1.54. The normalized spacial score (nSPS) is 10.3. The standard InChI is InChI=1S/2C12H11O4P.2Na/c2*13-17(14,15-11-7-3-1-4-8-11)16-12-9-5-2-6-10-12;;/h2*1-10H,(H,13,14);;/q;;2*+1/p-2. The summed E-state index contributed by atoms with van der Waals surface area (Å²) in [6.45, 7) is 0. The first-order valence-electron chi connectivity index (χ1n) is 9.92. The number of rotatable bonds is 8. The molecule has 0 saturated carbocycles. The molecule has 0 bridgehead atoms. The van der Waals surface area contributed by atoms with Crippen molar-refractivity contribution in [1.29, 1.82) is 0 Å². The first-order valence-corrected chi connectivity index (χ1v) is 12.8. The van der Waals surface area contributed by atoms with Gasteiger partial charge in [-0.25, -0.2) is 9.13 Å². The van der Waals surface area contributed by atoms with Crippen molar-refractivity contribution >= 4 is 15.6 Å². The topological polar surface area (TPSA) is 117 Å². The Kier molecular flexibility index (Phi) is 14.7. The predicted octanol–water partition coefficient (Wildman–Crippen LogP) is -0.766. The van der Waals surface area contributed by atoms with Crippen LogP contribution in [-0.2, 0) is 9.13 Å². The van der Waals surface area contributed by atoms with Crippen LogP contribution in [0.25, 0.3) is 0 Å². The van der Waals surface area contributed by atoms with E-state index < -0.39 is 15.6 Å². The fourth-order valence-electron chi connectivity index (χ4n) is 2.48. The van der Waals surface area contributed by atoms with E-state index in [0.29, 0.717) is 0 Å². The summed E-state index contributed by atoms with van der Waals surface area (Å²) in [6.07, 6.45) is 0. The third kappa shape index (κ3) is 12.6. The maximum Gasteiger partial charge on any atom is 1.00 e. The third-order valence-electron chi connectivity index (χ3n) is 3.84. The minimum Gasteiger partial charge on any atom is -0.736 e. The average molecular weight is 544 g/mol. The molecule has 0 radical (unpaired) electrons. The van der Waals surface area contributed by atoms with Gasteiger partial charge in [0, 0.05) is 0 Å². The fraction of sp³-hybridized carbons (Fsp3) is 0. The van der Waals surface area contributed by atoms with Crippen LogP contribution in [0.2, 0.25) is 0 Å². The number of phosphoric acid groups is 2. The molecule has 0 atom stereocenters. The molecule has 176 valence electrons. The number of hydrogen-bond acceptors (Lipinski definition) is 8. The molecule has 0 fully saturated rings. The van der Waals surface area contributed by atoms with E-state index in [1.807, 2.05) is 0 Å². The van der Waals surface area contributed by atoms with Crippen LogP contribution in [0.15, 0.2) is 121 Å². The molecule has 12 heteroatoms. The zero-order valence-corrected chi connectivity index (χ0v) is 25.5. The minimum absolute atomic E-state index is 0. The molecular weight excluding hydrogens is 524 g/mol. The second kappa shape index (κ2) is 16.3. The van der Waals surface area contributed by atoms with Gasteiger partial charge in [-0.3, -0.25) is 0 Å². The Labute approximate surface area is 254 Å². The van der Waals surface area contributed by atoms with Crippen molar-refractivity contribution in [3.05, 3.63) is 121 Å². The Morgan fingerprint density at radius 2 is 0.556 bits per heavy atom. The largest absolute Gasteiger partial charge is 1.00 e. The first kappa shape index (κ1) is 32.5. The zero-order valence-electron chi connectivity index (χ0n) is 19.7. The van der Waals surface area contributed by atoms with Gasteiger partial charge in [0.2, 0.25) is 0 Å². The molecule has 36 heavy (non-hydrogen) atoms. The van der Waals surface area contributed by atoms with E-state index in [0.717, 1.165) is 0 Å². The van der Waals surface area contributed by atoms with Crippen LogP contribution in [-0.4, -0.2) is 0 Å². The SMILES string of the molecule is O=P([O-])(Oc1ccccc1)Oc1ccccc1.O=P([O-])(Oc1ccccc1)Oc1ccccc1.[Na+].[Na+]. The van der Waals surface area contributed by atoms with Crippen molar-refractivity contribution in [3.63, 3.8) is 0 Å². The van der Waals surface area contributed by atoms with Gasteiger partial charge in [-0.15, -0.1) is 0 Å². The maximum atomic E-state index is 11.6. The van der Waals surface area contributed by atoms with E-state index >= 15 is 0 Å². The molecule has 0 heterocycles. The van der Waals surface area contributed by atoms with Gasteiger partial charge in [-0.05, 0) is 48.5 Å². The van der Waals surface area contributed by atoms with E-state index in [2.05, 4.69) is 0 Å². The van der Waals surface area contributed by atoms with Crippen LogP contribution in [0, 0.1) is 0 Å². The zero-order chi connectivity index (χ0) is 24.3. The van der Waals surface area contributed by atoms with Gasteiger partial charge >= 0.3 is 74.8 Å². The van der Waals surface area contributed by atoms with Gasteiger partial charge in [-0.1, -0.05) is 72.8 Å². The summed E-state index contributed by atoms with van der Waals surface area (Å²) >= 11 is 0. The second-order valence-corrected chi connectivity index (χ2v) is 9.03. The number of benzene rings is 4. The molecule has 0 spiro atoms. The molecule has 0 aliphatic rings. The summed E-state index contributed by atoms with van der Waals surface area (Å²) in [5.41, 5.74) is 0. The van der Waals surface area contributed by atoms with Crippen LogP contribution < -0.4 is 87.0 Å². The van der Waals surface area contributed by atoms with Crippen molar-refractivity contribution in [2.45, 2.75) is 0 Å². The van der Waals surface area contributed by atoms with Crippen molar-refractivity contribution in [2.75, 3.05) is 0 Å². The van der Waals surface area contributed by atoms with Crippen molar-refractivity contribution in [3.8, 4) is 23.0 Å². The van der Waals surface area contributed by atoms with Gasteiger partial charge < -0.3 is 27.9 Å². The molecule has 4 aromatic carbocycles. The van der Waals surface area contributed by atoms with E-state index in [1.54, 1.807) is 121 Å². The summed E-state index contributed by atoms with van der Waals surface area (Å²) < 4.78 is 42.2. The predicted molar refractivity (Wildman–Crippen MR) is 123 cm³/mol. The number of hydrogen-bond donors (Lipinski definition) is 0. The van der Waals surface area contributed by atoms with Gasteiger partial charge in [0.25, 0.3) is 0 Å². The molecule has 0 saturated heterocycles. The molecule has 8 nitrogen and oxygen atoms in total. The minimum atomic E-state index is -4.39. The maximum absolute atomic E-state index is 11.6. The summed E-state index contributed by atoms with van der Waals surface area (Å²) in [4.78, 5) is 23.1. The van der Waals surface area contributed by atoms with Gasteiger partial charge in [0.15, 0.2) is 0 Å². The average Bonchev–Trinajstić information content (AvgIpc) is 2.81. The first-order chi connectivity index (χ1) is 16.3. The summed E-state index contributed by atoms with van der Waals surface area (Å²) in [5.74, 6) is 0.895. The third-order valence-corrected chi connectivity index (χ3v) is 5.58. The van der Waals surface area contributed by atoms with Crippen molar-refractivity contribution in [2.24, 2.45) is 0 Å². The second-order valence-electron chi connectivity index (χ2n) is 6.51. The van der Waals surface area contributed by atoms with Crippen molar-refractivity contribution in [1.82, 2.24) is 0 Å². The molecular formula is C24H20Na2O8P2. The van der Waals surface area contributed by atoms with Crippen LogP contribution in [0.1, 0.15) is 0 Å². The molecule has 4 rings (SSSR count). The Balaban J connectivity index is 0.000000341. The van der Waals surface area contributed by atoms with E-state index in [-0.39, 0.29) is 82.1 Å². The fourth-order valence-corrected chi connectivity index (χ4v) is 4.07. The molecule has 0 aliphatic heterocycles. The molecule has 0 amide bonds. The van der Waals surface area contributed by atoms with Gasteiger partial charge in [0.05, 0.1) is 0 Å². The molecule has 0 aromatic heterocycles. The summed E-state index contributed by atoms with van der Waals surface area (Å²) in [7, 11) is -8.77. The quantitative estimate of drug-likeness (QED) is 0.210. The monoisotopic (exact) mass is 544 g/mol. The van der Waals surface area contributed by atoms with Crippen molar-refractivity contribution < 1.29 is 96.1 Å². The summed E-state index contributed by atoms with van der Waals surface area (Å²) in [6, 6.07) is 32.8. The van der Waals surface area contributed by atoms with Crippen LogP contribution in [0.3, 0.4) is 0 Å². The van der Waals surface area contributed by atoms with Gasteiger partial charge in [0.1, 0.15) is 23.0 Å².